The summed E-state index contributed by atoms with van der Waals surface area (Å²) in [6, 6.07) is 2.12. The Labute approximate surface area is 233 Å². The smallest absolute Gasteiger partial charge is 0.410 e. The number of anilines is 2. The van der Waals surface area contributed by atoms with E-state index in [2.05, 4.69) is 15.2 Å². The molecule has 39 heavy (non-hydrogen) atoms. The second-order valence-corrected chi connectivity index (χ2v) is 12.4. The minimum Gasteiger partial charge on any atom is -0.476 e. The van der Waals surface area contributed by atoms with Gasteiger partial charge in [-0.3, -0.25) is 9.69 Å². The number of nitrogens with zero attached hydrogens (tertiary/aromatic N) is 4. The summed E-state index contributed by atoms with van der Waals surface area (Å²) in [7, 11) is 0. The Hall–Kier alpha value is -2.75. The van der Waals surface area contributed by atoms with E-state index >= 15 is 0 Å². The molecule has 1 saturated carbocycles. The Morgan fingerprint density at radius 2 is 1.79 bits per heavy atom. The normalized spacial score (nSPS) is 24.8. The van der Waals surface area contributed by atoms with Crippen LogP contribution in [-0.2, 0) is 9.53 Å². The van der Waals surface area contributed by atoms with Crippen LogP contribution in [0.1, 0.15) is 72.6 Å². The molecule has 3 fully saturated rings. The van der Waals surface area contributed by atoms with Crippen molar-refractivity contribution in [2.24, 2.45) is 5.92 Å². The molecule has 1 unspecified atom stereocenters. The van der Waals surface area contributed by atoms with E-state index in [1.54, 1.807) is 11.1 Å². The molecular weight excluding hydrogens is 496 g/mol. The van der Waals surface area contributed by atoms with Crippen LogP contribution >= 0.6 is 0 Å². The highest BCUT2D eigenvalue weighted by Gasteiger charge is 2.36. The van der Waals surface area contributed by atoms with Crippen molar-refractivity contribution in [1.29, 1.82) is 0 Å². The Bertz CT molecular complexity index is 969. The van der Waals surface area contributed by atoms with Crippen LogP contribution in [0.15, 0.2) is 12.3 Å². The van der Waals surface area contributed by atoms with Crippen molar-refractivity contribution in [3.05, 3.63) is 12.3 Å². The molecule has 2 aliphatic heterocycles. The second-order valence-electron chi connectivity index (χ2n) is 12.4. The van der Waals surface area contributed by atoms with E-state index in [0.29, 0.717) is 37.8 Å². The highest BCUT2D eigenvalue weighted by Crippen LogP contribution is 2.31. The van der Waals surface area contributed by atoms with Crippen molar-refractivity contribution in [1.82, 2.24) is 19.7 Å². The molecule has 0 radical (unpaired) electrons. The largest absolute Gasteiger partial charge is 0.476 e. The monoisotopic (exact) mass is 544 g/mol. The van der Waals surface area contributed by atoms with E-state index in [0.717, 1.165) is 51.0 Å². The van der Waals surface area contributed by atoms with Crippen LogP contribution in [-0.4, -0.2) is 95.2 Å². The molecule has 3 N–H and O–H groups in total. The molecule has 2 amide bonds. The fraction of sp³-hybridized carbons (Fsp3) is 0.759. The van der Waals surface area contributed by atoms with Gasteiger partial charge in [0.25, 0.3) is 0 Å². The standard InChI is InChI=1S/C29H48N6O4/c1-21-20-34(28(37)39-29(2,3)4)14-15-35(21)27(36)22-8-10-23(11-9-22)32-25-18-26(31-19-24(25)30)38-17-16-33-12-6-5-7-13-33/h18-19,21-23H,5-17,20,30H2,1-4H3,(H,31,32)/t21?,22-,23+. The molecule has 1 aromatic rings. The third-order valence-corrected chi connectivity index (χ3v) is 8.01. The number of nitrogens with two attached hydrogens (primary N) is 1. The maximum Gasteiger partial charge on any atom is 0.410 e. The van der Waals surface area contributed by atoms with Gasteiger partial charge in [-0.2, -0.15) is 0 Å². The van der Waals surface area contributed by atoms with E-state index in [-0.39, 0.29) is 30.0 Å². The van der Waals surface area contributed by atoms with Crippen LogP contribution in [0.3, 0.4) is 0 Å². The number of piperidine rings is 1. The summed E-state index contributed by atoms with van der Waals surface area (Å²) in [6.07, 6.45) is 8.68. The number of hydrogen-bond acceptors (Lipinski definition) is 8. The van der Waals surface area contributed by atoms with Gasteiger partial charge in [0.2, 0.25) is 11.8 Å². The quantitative estimate of drug-likeness (QED) is 0.530. The van der Waals surface area contributed by atoms with Crippen molar-refractivity contribution in [3.63, 3.8) is 0 Å². The molecule has 3 heterocycles. The number of amides is 2. The number of hydrogen-bond donors (Lipinski definition) is 2. The summed E-state index contributed by atoms with van der Waals surface area (Å²) >= 11 is 0. The van der Waals surface area contributed by atoms with Gasteiger partial charge in [-0.25, -0.2) is 9.78 Å². The minimum atomic E-state index is -0.525. The number of aromatic nitrogens is 1. The molecule has 2 saturated heterocycles. The van der Waals surface area contributed by atoms with Gasteiger partial charge in [0, 0.05) is 50.2 Å². The average molecular weight is 545 g/mol. The molecule has 0 spiro atoms. The Morgan fingerprint density at radius 1 is 1.08 bits per heavy atom. The lowest BCUT2D eigenvalue weighted by Gasteiger charge is -2.42. The van der Waals surface area contributed by atoms with Gasteiger partial charge < -0.3 is 30.3 Å². The lowest BCUT2D eigenvalue weighted by molar-refractivity contribution is -0.141. The van der Waals surface area contributed by atoms with E-state index in [1.165, 1.54) is 19.3 Å². The number of likely N-dealkylation sites (tertiary alicyclic amines) is 1. The number of carbonyl (C=O) groups excluding carboxylic acids is 2. The van der Waals surface area contributed by atoms with Crippen molar-refractivity contribution in [2.45, 2.75) is 90.3 Å². The molecule has 3 aliphatic rings. The predicted molar refractivity (Wildman–Crippen MR) is 153 cm³/mol. The zero-order valence-corrected chi connectivity index (χ0v) is 24.3. The topological polar surface area (TPSA) is 113 Å². The molecule has 4 rings (SSSR count). The van der Waals surface area contributed by atoms with Crippen LogP contribution < -0.4 is 15.8 Å². The maximum atomic E-state index is 13.4. The van der Waals surface area contributed by atoms with Crippen LogP contribution in [0.2, 0.25) is 0 Å². The summed E-state index contributed by atoms with van der Waals surface area (Å²) in [5.41, 5.74) is 7.15. The third kappa shape index (κ3) is 8.37. The molecular formula is C29H48N6O4. The van der Waals surface area contributed by atoms with E-state index in [9.17, 15) is 9.59 Å². The Kier molecular flexibility index (Phi) is 9.80. The molecule has 0 aromatic carbocycles. The molecule has 1 atom stereocenters. The van der Waals surface area contributed by atoms with Crippen molar-refractivity contribution >= 4 is 23.4 Å². The highest BCUT2D eigenvalue weighted by molar-refractivity contribution is 5.80. The highest BCUT2D eigenvalue weighted by atomic mass is 16.6. The summed E-state index contributed by atoms with van der Waals surface area (Å²) in [6.45, 7) is 13.0. The fourth-order valence-corrected chi connectivity index (χ4v) is 5.83. The fourth-order valence-electron chi connectivity index (χ4n) is 5.83. The zero-order valence-electron chi connectivity index (χ0n) is 24.3. The van der Waals surface area contributed by atoms with Gasteiger partial charge in [-0.15, -0.1) is 0 Å². The van der Waals surface area contributed by atoms with Crippen LogP contribution in [0.25, 0.3) is 0 Å². The van der Waals surface area contributed by atoms with Crippen molar-refractivity contribution in [2.75, 3.05) is 56.9 Å². The van der Waals surface area contributed by atoms with E-state index < -0.39 is 5.60 Å². The van der Waals surface area contributed by atoms with Crippen molar-refractivity contribution in [3.8, 4) is 5.88 Å². The lowest BCUT2D eigenvalue weighted by atomic mass is 9.84. The second kappa shape index (κ2) is 13.1. The average Bonchev–Trinajstić information content (AvgIpc) is 2.90. The third-order valence-electron chi connectivity index (χ3n) is 8.01. The van der Waals surface area contributed by atoms with E-state index in [4.69, 9.17) is 15.2 Å². The predicted octanol–water partition coefficient (Wildman–Crippen LogP) is 3.97. The minimum absolute atomic E-state index is 0.0158. The van der Waals surface area contributed by atoms with Crippen LogP contribution in [0.4, 0.5) is 16.2 Å². The molecule has 1 aliphatic carbocycles. The van der Waals surface area contributed by atoms with Crippen LogP contribution in [0, 0.1) is 5.92 Å². The number of nitrogens with one attached hydrogen (secondary N) is 1. The van der Waals surface area contributed by atoms with Gasteiger partial charge in [0.05, 0.1) is 17.6 Å². The summed E-state index contributed by atoms with van der Waals surface area (Å²) in [4.78, 5) is 36.3. The number of carbonyl (C=O) groups is 2. The van der Waals surface area contributed by atoms with Crippen LogP contribution in [0.5, 0.6) is 5.88 Å². The first-order chi connectivity index (χ1) is 18.6. The number of rotatable bonds is 7. The molecule has 1 aromatic heterocycles. The molecule has 0 bridgehead atoms. The number of piperazine rings is 1. The van der Waals surface area contributed by atoms with Gasteiger partial charge in [-0.1, -0.05) is 6.42 Å². The number of nitrogen functional groups attached to an aromatic ring is 1. The van der Waals surface area contributed by atoms with Gasteiger partial charge in [0.1, 0.15) is 12.2 Å². The SMILES string of the molecule is CC1CN(C(=O)OC(C)(C)C)CCN1C(=O)[C@H]1CC[C@@H](Nc2cc(OCCN3CCCCC3)ncc2N)CC1. The number of ether oxygens (including phenoxy) is 2. The lowest BCUT2D eigenvalue weighted by Crippen LogP contribution is -2.57. The van der Waals surface area contributed by atoms with Gasteiger partial charge >= 0.3 is 6.09 Å². The Morgan fingerprint density at radius 3 is 2.46 bits per heavy atom. The number of pyridine rings is 1. The van der Waals surface area contributed by atoms with Crippen molar-refractivity contribution < 1.29 is 19.1 Å². The summed E-state index contributed by atoms with van der Waals surface area (Å²) in [5, 5.41) is 3.58. The van der Waals surface area contributed by atoms with Gasteiger partial charge in [0.15, 0.2) is 0 Å². The molecule has 218 valence electrons. The zero-order chi connectivity index (χ0) is 28.0. The first-order valence-corrected chi connectivity index (χ1v) is 14.7. The first-order valence-electron chi connectivity index (χ1n) is 14.7. The first kappa shape index (κ1) is 29.2. The summed E-state index contributed by atoms with van der Waals surface area (Å²) < 4.78 is 11.4. The summed E-state index contributed by atoms with van der Waals surface area (Å²) in [5.74, 6) is 0.812. The Balaban J connectivity index is 1.22. The molecule has 10 nitrogen and oxygen atoms in total. The van der Waals surface area contributed by atoms with Gasteiger partial charge in [-0.05, 0) is 79.3 Å². The maximum absolute atomic E-state index is 13.4. The molecule has 10 heteroatoms. The van der Waals surface area contributed by atoms with E-state index in [1.807, 2.05) is 38.7 Å².